The van der Waals surface area contributed by atoms with E-state index >= 15 is 0 Å². The zero-order chi connectivity index (χ0) is 7.68. The Morgan fingerprint density at radius 2 is 2.45 bits per heavy atom. The molecule has 0 N–H and O–H groups in total. The van der Waals surface area contributed by atoms with E-state index in [2.05, 4.69) is 4.98 Å². The number of fused-ring (bicyclic) bond motifs is 1. The molecule has 0 bridgehead atoms. The lowest BCUT2D eigenvalue weighted by atomic mass is 10.3. The monoisotopic (exact) mass is 148 g/mol. The van der Waals surface area contributed by atoms with E-state index in [1.165, 1.54) is 6.07 Å². The SMILES string of the molecule is O=c1ccnc2n1CCC=C2. The number of nitrogens with zero attached hydrogens (tertiary/aromatic N) is 2. The van der Waals surface area contributed by atoms with E-state index in [1.54, 1.807) is 10.8 Å². The van der Waals surface area contributed by atoms with Gasteiger partial charge in [-0.1, -0.05) is 6.08 Å². The first kappa shape index (κ1) is 6.34. The number of allylic oxidation sites excluding steroid dienone is 1. The van der Waals surface area contributed by atoms with Crippen molar-refractivity contribution in [1.82, 2.24) is 9.55 Å². The molecule has 3 nitrogen and oxygen atoms in total. The van der Waals surface area contributed by atoms with E-state index in [4.69, 9.17) is 0 Å². The van der Waals surface area contributed by atoms with Crippen molar-refractivity contribution in [2.24, 2.45) is 0 Å². The lowest BCUT2D eigenvalue weighted by Gasteiger charge is -2.10. The van der Waals surface area contributed by atoms with E-state index < -0.39 is 0 Å². The molecule has 56 valence electrons. The molecule has 3 heteroatoms. The van der Waals surface area contributed by atoms with Crippen molar-refractivity contribution < 1.29 is 0 Å². The van der Waals surface area contributed by atoms with Crippen LogP contribution in [0, 0.1) is 0 Å². The third kappa shape index (κ3) is 0.981. The highest BCUT2D eigenvalue weighted by Crippen LogP contribution is 2.04. The second-order valence-corrected chi connectivity index (χ2v) is 2.48. The molecule has 2 heterocycles. The quantitative estimate of drug-likeness (QED) is 0.541. The van der Waals surface area contributed by atoms with Gasteiger partial charge in [-0.25, -0.2) is 4.98 Å². The molecule has 0 saturated heterocycles. The van der Waals surface area contributed by atoms with Gasteiger partial charge < -0.3 is 0 Å². The van der Waals surface area contributed by atoms with Gasteiger partial charge in [0.25, 0.3) is 5.56 Å². The molecule has 0 fully saturated rings. The first-order chi connectivity index (χ1) is 5.38. The fourth-order valence-corrected chi connectivity index (χ4v) is 1.20. The maximum atomic E-state index is 11.2. The van der Waals surface area contributed by atoms with Crippen molar-refractivity contribution in [3.63, 3.8) is 0 Å². The Hall–Kier alpha value is -1.38. The molecule has 1 aromatic rings. The molecule has 0 unspecified atom stereocenters. The second kappa shape index (κ2) is 2.34. The van der Waals surface area contributed by atoms with E-state index in [-0.39, 0.29) is 5.56 Å². The van der Waals surface area contributed by atoms with Gasteiger partial charge in [-0.3, -0.25) is 9.36 Å². The predicted octanol–water partition coefficient (Wildman–Crippen LogP) is 0.660. The Balaban J connectivity index is 2.69. The first-order valence-electron chi connectivity index (χ1n) is 3.60. The Morgan fingerprint density at radius 3 is 3.27 bits per heavy atom. The molecular formula is C8H8N2O. The highest BCUT2D eigenvalue weighted by molar-refractivity contribution is 5.41. The summed E-state index contributed by atoms with van der Waals surface area (Å²) >= 11 is 0. The first-order valence-corrected chi connectivity index (χ1v) is 3.60. The molecule has 0 amide bonds. The number of hydrogen-bond acceptors (Lipinski definition) is 2. The molecule has 1 aromatic heterocycles. The van der Waals surface area contributed by atoms with Crippen LogP contribution in [0.3, 0.4) is 0 Å². The van der Waals surface area contributed by atoms with Crippen molar-refractivity contribution in [2.45, 2.75) is 13.0 Å². The lowest BCUT2D eigenvalue weighted by molar-refractivity contribution is 0.645. The number of hydrogen-bond donors (Lipinski definition) is 0. The smallest absolute Gasteiger partial charge is 0.253 e. The maximum absolute atomic E-state index is 11.2. The van der Waals surface area contributed by atoms with E-state index in [0.29, 0.717) is 0 Å². The van der Waals surface area contributed by atoms with Gasteiger partial charge in [-0.05, 0) is 12.5 Å². The van der Waals surface area contributed by atoms with Gasteiger partial charge in [0.2, 0.25) is 0 Å². The molecule has 2 rings (SSSR count). The van der Waals surface area contributed by atoms with Crippen molar-refractivity contribution in [3.05, 3.63) is 34.5 Å². The van der Waals surface area contributed by atoms with Crippen LogP contribution in [-0.4, -0.2) is 9.55 Å². The molecule has 0 aromatic carbocycles. The Labute approximate surface area is 64.0 Å². The molecule has 0 saturated carbocycles. The highest BCUT2D eigenvalue weighted by atomic mass is 16.1. The van der Waals surface area contributed by atoms with Crippen LogP contribution in [0.5, 0.6) is 0 Å². The zero-order valence-corrected chi connectivity index (χ0v) is 6.03. The highest BCUT2D eigenvalue weighted by Gasteiger charge is 2.03. The minimum absolute atomic E-state index is 0.0411. The standard InChI is InChI=1S/C8H8N2O/c11-8-4-5-9-7-3-1-2-6-10(7)8/h1,3-5H,2,6H2. The fraction of sp³-hybridized carbons (Fsp3) is 0.250. The van der Waals surface area contributed by atoms with Crippen LogP contribution in [0.25, 0.3) is 6.08 Å². The number of rotatable bonds is 0. The molecule has 0 atom stereocenters. The third-order valence-corrected chi connectivity index (χ3v) is 1.75. The van der Waals surface area contributed by atoms with Gasteiger partial charge in [-0.15, -0.1) is 0 Å². The molecule has 0 radical (unpaired) electrons. The average Bonchev–Trinajstić information content (AvgIpc) is 2.06. The normalized spacial score (nSPS) is 14.5. The van der Waals surface area contributed by atoms with Crippen LogP contribution in [0.15, 0.2) is 23.1 Å². The summed E-state index contributed by atoms with van der Waals surface area (Å²) in [7, 11) is 0. The molecular weight excluding hydrogens is 140 g/mol. The van der Waals surface area contributed by atoms with E-state index in [1.807, 2.05) is 12.2 Å². The summed E-state index contributed by atoms with van der Waals surface area (Å²) < 4.78 is 1.68. The van der Waals surface area contributed by atoms with E-state index in [0.717, 1.165) is 18.8 Å². The minimum Gasteiger partial charge on any atom is -0.293 e. The third-order valence-electron chi connectivity index (χ3n) is 1.75. The van der Waals surface area contributed by atoms with Crippen molar-refractivity contribution >= 4 is 6.08 Å². The van der Waals surface area contributed by atoms with Crippen LogP contribution in [0.2, 0.25) is 0 Å². The molecule has 0 aliphatic carbocycles. The molecule has 11 heavy (non-hydrogen) atoms. The molecule has 0 spiro atoms. The van der Waals surface area contributed by atoms with Gasteiger partial charge in [-0.2, -0.15) is 0 Å². The topological polar surface area (TPSA) is 34.9 Å². The van der Waals surface area contributed by atoms with Gasteiger partial charge in [0, 0.05) is 18.8 Å². The zero-order valence-electron chi connectivity index (χ0n) is 6.03. The van der Waals surface area contributed by atoms with Gasteiger partial charge in [0.1, 0.15) is 5.82 Å². The average molecular weight is 148 g/mol. The fourth-order valence-electron chi connectivity index (χ4n) is 1.20. The maximum Gasteiger partial charge on any atom is 0.253 e. The summed E-state index contributed by atoms with van der Waals surface area (Å²) in [6, 6.07) is 1.49. The predicted molar refractivity (Wildman–Crippen MR) is 42.1 cm³/mol. The largest absolute Gasteiger partial charge is 0.293 e. The molecule has 1 aliphatic rings. The summed E-state index contributed by atoms with van der Waals surface area (Å²) in [5.74, 6) is 0.767. The van der Waals surface area contributed by atoms with Crippen molar-refractivity contribution in [3.8, 4) is 0 Å². The van der Waals surface area contributed by atoms with Crippen molar-refractivity contribution in [2.75, 3.05) is 0 Å². The Kier molecular flexibility index (Phi) is 1.35. The van der Waals surface area contributed by atoms with Crippen LogP contribution < -0.4 is 5.56 Å². The van der Waals surface area contributed by atoms with Crippen molar-refractivity contribution in [1.29, 1.82) is 0 Å². The van der Waals surface area contributed by atoms with Crippen LogP contribution >= 0.6 is 0 Å². The molecule has 1 aliphatic heterocycles. The van der Waals surface area contributed by atoms with Crippen LogP contribution in [-0.2, 0) is 6.54 Å². The summed E-state index contributed by atoms with van der Waals surface area (Å²) in [6.45, 7) is 0.762. The van der Waals surface area contributed by atoms with Crippen LogP contribution in [0.4, 0.5) is 0 Å². The summed E-state index contributed by atoms with van der Waals surface area (Å²) in [5, 5.41) is 0. The van der Waals surface area contributed by atoms with Gasteiger partial charge >= 0.3 is 0 Å². The van der Waals surface area contributed by atoms with E-state index in [9.17, 15) is 4.79 Å². The van der Waals surface area contributed by atoms with Gasteiger partial charge in [0.05, 0.1) is 0 Å². The minimum atomic E-state index is 0.0411. The van der Waals surface area contributed by atoms with Gasteiger partial charge in [0.15, 0.2) is 0 Å². The lowest BCUT2D eigenvalue weighted by Crippen LogP contribution is -2.23. The summed E-state index contributed by atoms with van der Waals surface area (Å²) in [6.07, 6.45) is 6.38. The number of aromatic nitrogens is 2. The van der Waals surface area contributed by atoms with Crippen LogP contribution in [0.1, 0.15) is 12.2 Å². The Morgan fingerprint density at radius 1 is 1.55 bits per heavy atom. The summed E-state index contributed by atoms with van der Waals surface area (Å²) in [4.78, 5) is 15.2. The summed E-state index contributed by atoms with van der Waals surface area (Å²) in [5.41, 5.74) is 0.0411. The Bertz CT molecular complexity index is 351. The second-order valence-electron chi connectivity index (χ2n) is 2.48.